The SMILES string of the molecule is C#CCOc1c(Cl)cc(/C=C2/NC(=O)N(CC)C2=O)cc1OC. The van der Waals surface area contributed by atoms with E-state index in [-0.39, 0.29) is 23.2 Å². The molecule has 7 heteroatoms. The van der Waals surface area contributed by atoms with Gasteiger partial charge in [-0.25, -0.2) is 4.79 Å². The smallest absolute Gasteiger partial charge is 0.328 e. The van der Waals surface area contributed by atoms with Crippen molar-refractivity contribution in [1.29, 1.82) is 0 Å². The van der Waals surface area contributed by atoms with E-state index in [9.17, 15) is 9.59 Å². The molecule has 1 heterocycles. The molecule has 1 fully saturated rings. The highest BCUT2D eigenvalue weighted by atomic mass is 35.5. The molecule has 1 aliphatic rings. The fourth-order valence-corrected chi connectivity index (χ4v) is 2.38. The van der Waals surface area contributed by atoms with Crippen LogP contribution in [0.4, 0.5) is 4.79 Å². The molecular weight excluding hydrogens is 320 g/mol. The number of methoxy groups -OCH3 is 1. The number of carbonyl (C=O) groups excluding carboxylic acids is 2. The van der Waals surface area contributed by atoms with Crippen molar-refractivity contribution in [2.24, 2.45) is 0 Å². The van der Waals surface area contributed by atoms with Crippen molar-refractivity contribution >= 4 is 29.6 Å². The van der Waals surface area contributed by atoms with Gasteiger partial charge in [0.15, 0.2) is 11.5 Å². The van der Waals surface area contributed by atoms with Gasteiger partial charge >= 0.3 is 6.03 Å². The molecule has 1 N–H and O–H groups in total. The second kappa shape index (κ2) is 7.07. The lowest BCUT2D eigenvalue weighted by atomic mass is 10.1. The zero-order valence-corrected chi connectivity index (χ0v) is 13.4. The van der Waals surface area contributed by atoms with Crippen LogP contribution in [0.2, 0.25) is 5.02 Å². The molecule has 1 saturated heterocycles. The number of ether oxygens (including phenoxy) is 2. The number of amides is 3. The van der Waals surface area contributed by atoms with Gasteiger partial charge < -0.3 is 14.8 Å². The lowest BCUT2D eigenvalue weighted by Crippen LogP contribution is -2.30. The predicted molar refractivity (Wildman–Crippen MR) is 86.2 cm³/mol. The molecular formula is C16H15ClN2O4. The van der Waals surface area contributed by atoms with E-state index >= 15 is 0 Å². The fraction of sp³-hybridized carbons (Fsp3) is 0.250. The third-order valence-corrected chi connectivity index (χ3v) is 3.42. The van der Waals surface area contributed by atoms with E-state index < -0.39 is 6.03 Å². The number of nitrogens with zero attached hydrogens (tertiary/aromatic N) is 1. The van der Waals surface area contributed by atoms with Crippen LogP contribution in [0.3, 0.4) is 0 Å². The van der Waals surface area contributed by atoms with Crippen LogP contribution >= 0.6 is 11.6 Å². The van der Waals surface area contributed by atoms with Crippen LogP contribution in [0.5, 0.6) is 11.5 Å². The van der Waals surface area contributed by atoms with E-state index in [1.54, 1.807) is 19.1 Å². The van der Waals surface area contributed by atoms with E-state index in [4.69, 9.17) is 27.5 Å². The molecule has 0 bridgehead atoms. The summed E-state index contributed by atoms with van der Waals surface area (Å²) in [5.41, 5.74) is 0.758. The van der Waals surface area contributed by atoms with Crippen LogP contribution in [0.15, 0.2) is 17.8 Å². The van der Waals surface area contributed by atoms with E-state index in [0.717, 1.165) is 4.90 Å². The molecule has 3 amide bonds. The Morgan fingerprint density at radius 1 is 1.43 bits per heavy atom. The Balaban J connectivity index is 2.37. The first kappa shape index (κ1) is 16.7. The van der Waals surface area contributed by atoms with Crippen molar-refractivity contribution in [3.05, 3.63) is 28.4 Å². The number of terminal acetylenes is 1. The lowest BCUT2D eigenvalue weighted by molar-refractivity contribution is -0.122. The molecule has 0 spiro atoms. The summed E-state index contributed by atoms with van der Waals surface area (Å²) in [6.07, 6.45) is 6.68. The molecule has 0 aromatic heterocycles. The standard InChI is InChI=1S/C16H15ClN2O4/c1-4-6-23-14-11(17)7-10(9-13(14)22-3)8-12-15(20)19(5-2)16(21)18-12/h1,7-9H,5-6H2,2-3H3,(H,18,21)/b12-8+. The number of likely N-dealkylation sites (N-methyl/N-ethyl adjacent to an activating group) is 1. The van der Waals surface area contributed by atoms with E-state index in [1.165, 1.54) is 13.2 Å². The van der Waals surface area contributed by atoms with Gasteiger partial charge in [-0.05, 0) is 30.7 Å². The fourth-order valence-electron chi connectivity index (χ4n) is 2.10. The molecule has 120 valence electrons. The topological polar surface area (TPSA) is 67.9 Å². The normalized spacial score (nSPS) is 15.6. The zero-order chi connectivity index (χ0) is 17.0. The van der Waals surface area contributed by atoms with Crippen LogP contribution in [0.25, 0.3) is 6.08 Å². The van der Waals surface area contributed by atoms with Gasteiger partial charge in [-0.1, -0.05) is 17.5 Å². The maximum Gasteiger partial charge on any atom is 0.328 e. The van der Waals surface area contributed by atoms with Crippen molar-refractivity contribution in [2.45, 2.75) is 6.92 Å². The molecule has 1 aromatic carbocycles. The van der Waals surface area contributed by atoms with Gasteiger partial charge in [0.1, 0.15) is 12.3 Å². The number of nitrogens with one attached hydrogen (secondary N) is 1. The quantitative estimate of drug-likeness (QED) is 0.509. The van der Waals surface area contributed by atoms with Crippen molar-refractivity contribution in [3.63, 3.8) is 0 Å². The summed E-state index contributed by atoms with van der Waals surface area (Å²) in [6.45, 7) is 2.07. The summed E-state index contributed by atoms with van der Waals surface area (Å²) in [5, 5.41) is 2.80. The molecule has 23 heavy (non-hydrogen) atoms. The van der Waals surface area contributed by atoms with Crippen LogP contribution in [0.1, 0.15) is 12.5 Å². The highest BCUT2D eigenvalue weighted by molar-refractivity contribution is 6.32. The Kier molecular flexibility index (Phi) is 5.14. The summed E-state index contributed by atoms with van der Waals surface area (Å²) in [7, 11) is 1.46. The zero-order valence-electron chi connectivity index (χ0n) is 12.7. The number of rotatable bonds is 5. The molecule has 0 radical (unpaired) electrons. The first-order chi connectivity index (χ1) is 11.0. The number of benzene rings is 1. The van der Waals surface area contributed by atoms with Crippen molar-refractivity contribution < 1.29 is 19.1 Å². The second-order valence-electron chi connectivity index (χ2n) is 4.56. The highest BCUT2D eigenvalue weighted by Crippen LogP contribution is 2.37. The Labute approximate surface area is 139 Å². The van der Waals surface area contributed by atoms with Gasteiger partial charge in [0.05, 0.1) is 12.1 Å². The second-order valence-corrected chi connectivity index (χ2v) is 4.97. The van der Waals surface area contributed by atoms with Gasteiger partial charge in [0, 0.05) is 6.54 Å². The van der Waals surface area contributed by atoms with Crippen molar-refractivity contribution in [3.8, 4) is 23.8 Å². The predicted octanol–water partition coefficient (Wildman–Crippen LogP) is 2.27. The number of imide groups is 1. The van der Waals surface area contributed by atoms with Crippen molar-refractivity contribution in [1.82, 2.24) is 10.2 Å². The monoisotopic (exact) mass is 334 g/mol. The Morgan fingerprint density at radius 3 is 2.74 bits per heavy atom. The minimum atomic E-state index is -0.448. The molecule has 0 aliphatic carbocycles. The molecule has 0 unspecified atom stereocenters. The van der Waals surface area contributed by atoms with Gasteiger partial charge in [-0.15, -0.1) is 6.42 Å². The molecule has 1 aliphatic heterocycles. The van der Waals surface area contributed by atoms with Crippen LogP contribution in [0, 0.1) is 12.3 Å². The van der Waals surface area contributed by atoms with Crippen LogP contribution in [-0.4, -0.2) is 37.1 Å². The van der Waals surface area contributed by atoms with Gasteiger partial charge in [0.2, 0.25) is 0 Å². The molecule has 0 saturated carbocycles. The molecule has 0 atom stereocenters. The summed E-state index contributed by atoms with van der Waals surface area (Å²) in [4.78, 5) is 24.8. The van der Waals surface area contributed by atoms with Gasteiger partial charge in [0.25, 0.3) is 5.91 Å². The largest absolute Gasteiger partial charge is 0.493 e. The summed E-state index contributed by atoms with van der Waals surface area (Å²) in [6, 6.07) is 2.78. The third kappa shape index (κ3) is 3.41. The number of halogens is 1. The minimum absolute atomic E-state index is 0.0521. The molecule has 6 nitrogen and oxygen atoms in total. The highest BCUT2D eigenvalue weighted by Gasteiger charge is 2.32. The molecule has 2 rings (SSSR count). The van der Waals surface area contributed by atoms with Crippen LogP contribution in [-0.2, 0) is 4.79 Å². The average Bonchev–Trinajstić information content (AvgIpc) is 2.79. The van der Waals surface area contributed by atoms with E-state index in [2.05, 4.69) is 11.2 Å². The lowest BCUT2D eigenvalue weighted by Gasteiger charge is -2.11. The Bertz CT molecular complexity index is 722. The van der Waals surface area contributed by atoms with Crippen molar-refractivity contribution in [2.75, 3.05) is 20.3 Å². The van der Waals surface area contributed by atoms with Gasteiger partial charge in [-0.2, -0.15) is 0 Å². The maximum absolute atomic E-state index is 12.1. The Hall–Kier alpha value is -2.65. The number of carbonyl (C=O) groups is 2. The Morgan fingerprint density at radius 2 is 2.17 bits per heavy atom. The first-order valence-electron chi connectivity index (χ1n) is 6.80. The number of hydrogen-bond donors (Lipinski definition) is 1. The van der Waals surface area contributed by atoms with Gasteiger partial charge in [-0.3, -0.25) is 9.69 Å². The number of urea groups is 1. The van der Waals surface area contributed by atoms with Crippen LogP contribution < -0.4 is 14.8 Å². The third-order valence-electron chi connectivity index (χ3n) is 3.14. The summed E-state index contributed by atoms with van der Waals surface area (Å²) >= 11 is 6.17. The van der Waals surface area contributed by atoms with E-state index in [0.29, 0.717) is 23.6 Å². The summed E-state index contributed by atoms with van der Waals surface area (Å²) < 4.78 is 10.6. The molecule has 1 aromatic rings. The summed E-state index contributed by atoms with van der Waals surface area (Å²) in [5.74, 6) is 2.66. The number of hydrogen-bond acceptors (Lipinski definition) is 4. The maximum atomic E-state index is 12.1. The first-order valence-corrected chi connectivity index (χ1v) is 7.18. The minimum Gasteiger partial charge on any atom is -0.493 e. The average molecular weight is 335 g/mol. The van der Waals surface area contributed by atoms with E-state index in [1.807, 2.05) is 0 Å².